The van der Waals surface area contributed by atoms with Gasteiger partial charge >= 0.3 is 5.97 Å². The SMILES string of the molecule is CCc1ccc(C(=O)Oc2ccccn2)cc1. The van der Waals surface area contributed by atoms with E-state index in [9.17, 15) is 4.79 Å². The molecule has 0 N–H and O–H groups in total. The zero-order chi connectivity index (χ0) is 12.1. The molecule has 0 aliphatic carbocycles. The molecule has 17 heavy (non-hydrogen) atoms. The fourth-order valence-corrected chi connectivity index (χ4v) is 1.44. The first kappa shape index (κ1) is 11.3. The van der Waals surface area contributed by atoms with Crippen molar-refractivity contribution in [1.82, 2.24) is 4.98 Å². The van der Waals surface area contributed by atoms with Crippen LogP contribution in [0.3, 0.4) is 0 Å². The number of aromatic nitrogens is 1. The molecule has 2 rings (SSSR count). The predicted molar refractivity (Wildman–Crippen MR) is 65.0 cm³/mol. The Morgan fingerprint density at radius 3 is 2.53 bits per heavy atom. The number of ether oxygens (including phenoxy) is 1. The van der Waals surface area contributed by atoms with Crippen molar-refractivity contribution in [3.8, 4) is 5.88 Å². The van der Waals surface area contributed by atoms with Gasteiger partial charge < -0.3 is 4.74 Å². The van der Waals surface area contributed by atoms with Crippen LogP contribution in [0.2, 0.25) is 0 Å². The van der Waals surface area contributed by atoms with E-state index in [1.54, 1.807) is 36.5 Å². The van der Waals surface area contributed by atoms with E-state index in [0.29, 0.717) is 11.4 Å². The third-order valence-electron chi connectivity index (χ3n) is 2.43. The first-order valence-electron chi connectivity index (χ1n) is 5.51. The van der Waals surface area contributed by atoms with Crippen LogP contribution in [0, 0.1) is 0 Å². The number of hydrogen-bond acceptors (Lipinski definition) is 3. The number of nitrogens with zero attached hydrogens (tertiary/aromatic N) is 1. The molecule has 0 aliphatic rings. The third-order valence-corrected chi connectivity index (χ3v) is 2.43. The second kappa shape index (κ2) is 5.25. The summed E-state index contributed by atoms with van der Waals surface area (Å²) in [5, 5.41) is 0. The van der Waals surface area contributed by atoms with Crippen molar-refractivity contribution in [2.45, 2.75) is 13.3 Å². The Morgan fingerprint density at radius 2 is 1.94 bits per heavy atom. The summed E-state index contributed by atoms with van der Waals surface area (Å²) in [5.41, 5.74) is 1.73. The molecule has 1 aromatic heterocycles. The normalized spacial score (nSPS) is 9.94. The monoisotopic (exact) mass is 227 g/mol. The molecule has 0 saturated heterocycles. The van der Waals surface area contributed by atoms with Crippen molar-refractivity contribution in [3.05, 3.63) is 59.8 Å². The number of carbonyl (C=O) groups is 1. The van der Waals surface area contributed by atoms with Gasteiger partial charge in [-0.25, -0.2) is 9.78 Å². The molecule has 0 saturated carbocycles. The van der Waals surface area contributed by atoms with Crippen LogP contribution >= 0.6 is 0 Å². The summed E-state index contributed by atoms with van der Waals surface area (Å²) in [6, 6.07) is 12.6. The van der Waals surface area contributed by atoms with Gasteiger partial charge in [-0.1, -0.05) is 25.1 Å². The Morgan fingerprint density at radius 1 is 1.18 bits per heavy atom. The van der Waals surface area contributed by atoms with Crippen molar-refractivity contribution in [1.29, 1.82) is 0 Å². The highest BCUT2D eigenvalue weighted by atomic mass is 16.5. The minimum absolute atomic E-state index is 0.317. The van der Waals surface area contributed by atoms with E-state index < -0.39 is 0 Å². The van der Waals surface area contributed by atoms with E-state index >= 15 is 0 Å². The molecule has 2 aromatic rings. The van der Waals surface area contributed by atoms with Gasteiger partial charge in [-0.2, -0.15) is 0 Å². The van der Waals surface area contributed by atoms with Gasteiger partial charge in [-0.15, -0.1) is 0 Å². The van der Waals surface area contributed by atoms with Crippen LogP contribution in [0.25, 0.3) is 0 Å². The minimum Gasteiger partial charge on any atom is -0.404 e. The molecule has 0 radical (unpaired) electrons. The molecule has 3 nitrogen and oxygen atoms in total. The number of carbonyl (C=O) groups excluding carboxylic acids is 1. The summed E-state index contributed by atoms with van der Waals surface area (Å²) in [4.78, 5) is 15.7. The average Bonchev–Trinajstić information content (AvgIpc) is 2.40. The fraction of sp³-hybridized carbons (Fsp3) is 0.143. The van der Waals surface area contributed by atoms with Crippen LogP contribution in [0.4, 0.5) is 0 Å². The maximum atomic E-state index is 11.8. The molecular formula is C14H13NO2. The van der Waals surface area contributed by atoms with Crippen molar-refractivity contribution in [2.24, 2.45) is 0 Å². The highest BCUT2D eigenvalue weighted by molar-refractivity contribution is 5.90. The molecule has 0 amide bonds. The van der Waals surface area contributed by atoms with Crippen LogP contribution in [0.15, 0.2) is 48.7 Å². The molecule has 1 aromatic carbocycles. The molecule has 0 aliphatic heterocycles. The Kier molecular flexibility index (Phi) is 3.50. The molecule has 0 atom stereocenters. The van der Waals surface area contributed by atoms with Crippen LogP contribution in [0.5, 0.6) is 5.88 Å². The highest BCUT2D eigenvalue weighted by Crippen LogP contribution is 2.10. The van der Waals surface area contributed by atoms with E-state index in [0.717, 1.165) is 6.42 Å². The molecule has 0 bridgehead atoms. The van der Waals surface area contributed by atoms with E-state index in [4.69, 9.17) is 4.74 Å². The lowest BCUT2D eigenvalue weighted by Crippen LogP contribution is -2.09. The predicted octanol–water partition coefficient (Wildman–Crippen LogP) is 2.86. The highest BCUT2D eigenvalue weighted by Gasteiger charge is 2.08. The van der Waals surface area contributed by atoms with Crippen LogP contribution in [0.1, 0.15) is 22.8 Å². The second-order valence-corrected chi connectivity index (χ2v) is 3.61. The van der Waals surface area contributed by atoms with E-state index in [1.165, 1.54) is 5.56 Å². The molecule has 3 heteroatoms. The fourth-order valence-electron chi connectivity index (χ4n) is 1.44. The van der Waals surface area contributed by atoms with Gasteiger partial charge in [0.05, 0.1) is 5.56 Å². The summed E-state index contributed by atoms with van der Waals surface area (Å²) in [6.07, 6.45) is 2.54. The third kappa shape index (κ3) is 2.91. The first-order chi connectivity index (χ1) is 8.29. The van der Waals surface area contributed by atoms with E-state index in [1.807, 2.05) is 12.1 Å². The summed E-state index contributed by atoms with van der Waals surface area (Å²) >= 11 is 0. The summed E-state index contributed by atoms with van der Waals surface area (Å²) in [6.45, 7) is 2.07. The van der Waals surface area contributed by atoms with Crippen molar-refractivity contribution in [2.75, 3.05) is 0 Å². The van der Waals surface area contributed by atoms with E-state index in [-0.39, 0.29) is 5.97 Å². The van der Waals surface area contributed by atoms with Crippen LogP contribution in [-0.2, 0) is 6.42 Å². The van der Waals surface area contributed by atoms with Crippen molar-refractivity contribution in [3.63, 3.8) is 0 Å². The maximum absolute atomic E-state index is 11.8. The first-order valence-corrected chi connectivity index (χ1v) is 5.51. The van der Waals surface area contributed by atoms with Gasteiger partial charge in [0.15, 0.2) is 0 Å². The Hall–Kier alpha value is -2.16. The lowest BCUT2D eigenvalue weighted by Gasteiger charge is -2.03. The zero-order valence-corrected chi connectivity index (χ0v) is 9.59. The number of hydrogen-bond donors (Lipinski definition) is 0. The summed E-state index contributed by atoms with van der Waals surface area (Å²) in [7, 11) is 0. The van der Waals surface area contributed by atoms with Crippen LogP contribution in [-0.4, -0.2) is 11.0 Å². The number of aryl methyl sites for hydroxylation is 1. The van der Waals surface area contributed by atoms with Gasteiger partial charge in [-0.05, 0) is 30.2 Å². The maximum Gasteiger partial charge on any atom is 0.344 e. The Bertz CT molecular complexity index is 491. The zero-order valence-electron chi connectivity index (χ0n) is 9.59. The van der Waals surface area contributed by atoms with Crippen molar-refractivity contribution >= 4 is 5.97 Å². The lowest BCUT2D eigenvalue weighted by atomic mass is 10.1. The van der Waals surface area contributed by atoms with Gasteiger partial charge in [0, 0.05) is 12.3 Å². The smallest absolute Gasteiger partial charge is 0.344 e. The Labute approximate surface area is 100 Å². The molecule has 1 heterocycles. The largest absolute Gasteiger partial charge is 0.404 e. The molecule has 0 fully saturated rings. The molecule has 86 valence electrons. The topological polar surface area (TPSA) is 39.2 Å². The second-order valence-electron chi connectivity index (χ2n) is 3.61. The van der Waals surface area contributed by atoms with Gasteiger partial charge in [0.25, 0.3) is 0 Å². The molecule has 0 unspecified atom stereocenters. The molecular weight excluding hydrogens is 214 g/mol. The average molecular weight is 227 g/mol. The van der Waals surface area contributed by atoms with Gasteiger partial charge in [0.2, 0.25) is 5.88 Å². The van der Waals surface area contributed by atoms with Gasteiger partial charge in [-0.3, -0.25) is 0 Å². The minimum atomic E-state index is -0.383. The number of esters is 1. The van der Waals surface area contributed by atoms with Gasteiger partial charge in [0.1, 0.15) is 0 Å². The standard InChI is InChI=1S/C14H13NO2/c1-2-11-6-8-12(9-7-11)14(16)17-13-5-3-4-10-15-13/h3-10H,2H2,1H3. The quantitative estimate of drug-likeness (QED) is 0.757. The van der Waals surface area contributed by atoms with Crippen LogP contribution < -0.4 is 4.74 Å². The van der Waals surface area contributed by atoms with E-state index in [2.05, 4.69) is 11.9 Å². The molecule has 0 spiro atoms. The lowest BCUT2D eigenvalue weighted by molar-refractivity contribution is 0.0727. The number of pyridine rings is 1. The number of benzene rings is 1. The Balaban J connectivity index is 2.09. The summed E-state index contributed by atoms with van der Waals surface area (Å²) < 4.78 is 5.12. The number of rotatable bonds is 3. The summed E-state index contributed by atoms with van der Waals surface area (Å²) in [5.74, 6) is -0.0663. The van der Waals surface area contributed by atoms with Crippen molar-refractivity contribution < 1.29 is 9.53 Å².